The number of rotatable bonds is 2. The van der Waals surface area contributed by atoms with Gasteiger partial charge in [-0.25, -0.2) is 8.78 Å². The molecule has 1 nitrogen and oxygen atoms in total. The van der Waals surface area contributed by atoms with Crippen molar-refractivity contribution in [1.29, 1.82) is 0 Å². The average Bonchev–Trinajstić information content (AvgIpc) is 2.36. The molecule has 2 rings (SSSR count). The van der Waals surface area contributed by atoms with Crippen molar-refractivity contribution in [2.75, 3.05) is 0 Å². The van der Waals surface area contributed by atoms with E-state index in [-0.39, 0.29) is 5.56 Å². The molecular formula is C15H13ClF2O. The molecule has 0 aliphatic carbocycles. The zero-order valence-electron chi connectivity index (χ0n) is 10.5. The molecule has 1 unspecified atom stereocenters. The molecule has 2 aromatic rings. The van der Waals surface area contributed by atoms with Crippen LogP contribution in [0.15, 0.2) is 30.3 Å². The second kappa shape index (κ2) is 5.27. The predicted molar refractivity (Wildman–Crippen MR) is 71.3 cm³/mol. The third-order valence-electron chi connectivity index (χ3n) is 3.12. The van der Waals surface area contributed by atoms with Gasteiger partial charge in [0.05, 0.1) is 0 Å². The van der Waals surface area contributed by atoms with Crippen molar-refractivity contribution in [2.24, 2.45) is 0 Å². The van der Waals surface area contributed by atoms with Crippen LogP contribution in [0.3, 0.4) is 0 Å². The van der Waals surface area contributed by atoms with Crippen molar-refractivity contribution in [1.82, 2.24) is 0 Å². The van der Waals surface area contributed by atoms with Crippen LogP contribution in [0.2, 0.25) is 5.02 Å². The number of hydrogen-bond donors (Lipinski definition) is 1. The van der Waals surface area contributed by atoms with Gasteiger partial charge in [-0.1, -0.05) is 29.8 Å². The van der Waals surface area contributed by atoms with Gasteiger partial charge < -0.3 is 5.11 Å². The fourth-order valence-electron chi connectivity index (χ4n) is 2.00. The first-order chi connectivity index (χ1) is 8.91. The van der Waals surface area contributed by atoms with Crippen LogP contribution >= 0.6 is 11.6 Å². The molecule has 1 N–H and O–H groups in total. The highest BCUT2D eigenvalue weighted by molar-refractivity contribution is 6.31. The van der Waals surface area contributed by atoms with E-state index in [9.17, 15) is 13.9 Å². The Bertz CT molecular complexity index is 626. The summed E-state index contributed by atoms with van der Waals surface area (Å²) in [5, 5.41) is 10.8. The van der Waals surface area contributed by atoms with Crippen molar-refractivity contribution < 1.29 is 13.9 Å². The van der Waals surface area contributed by atoms with Crippen LogP contribution in [-0.4, -0.2) is 5.11 Å². The zero-order chi connectivity index (χ0) is 14.2. The maximum atomic E-state index is 13.7. The Hall–Kier alpha value is -1.45. The topological polar surface area (TPSA) is 20.2 Å². The normalized spacial score (nSPS) is 12.5. The van der Waals surface area contributed by atoms with E-state index in [1.807, 2.05) is 0 Å². The SMILES string of the molecule is Cc1cc(C(O)c2cccc(F)c2F)c(C)cc1Cl. The highest BCUT2D eigenvalue weighted by atomic mass is 35.5. The van der Waals surface area contributed by atoms with E-state index in [0.29, 0.717) is 10.6 Å². The molecule has 0 heterocycles. The summed E-state index contributed by atoms with van der Waals surface area (Å²) in [5.41, 5.74) is 1.95. The van der Waals surface area contributed by atoms with Crippen LogP contribution in [0.5, 0.6) is 0 Å². The van der Waals surface area contributed by atoms with E-state index in [2.05, 4.69) is 0 Å². The van der Waals surface area contributed by atoms with Crippen molar-refractivity contribution in [2.45, 2.75) is 20.0 Å². The first-order valence-corrected chi connectivity index (χ1v) is 6.18. The molecule has 0 saturated heterocycles. The van der Waals surface area contributed by atoms with Gasteiger partial charge in [0, 0.05) is 10.6 Å². The van der Waals surface area contributed by atoms with Gasteiger partial charge in [-0.3, -0.25) is 0 Å². The summed E-state index contributed by atoms with van der Waals surface area (Å²) in [4.78, 5) is 0. The van der Waals surface area contributed by atoms with Gasteiger partial charge in [-0.05, 0) is 42.7 Å². The van der Waals surface area contributed by atoms with Crippen LogP contribution in [0.1, 0.15) is 28.4 Å². The van der Waals surface area contributed by atoms with Gasteiger partial charge >= 0.3 is 0 Å². The highest BCUT2D eigenvalue weighted by Crippen LogP contribution is 2.30. The largest absolute Gasteiger partial charge is 0.384 e. The number of aliphatic hydroxyl groups excluding tert-OH is 1. The van der Waals surface area contributed by atoms with Gasteiger partial charge in [0.1, 0.15) is 6.10 Å². The molecule has 0 spiro atoms. The molecule has 0 saturated carbocycles. The summed E-state index contributed by atoms with van der Waals surface area (Å²) in [6, 6.07) is 7.15. The van der Waals surface area contributed by atoms with Crippen LogP contribution < -0.4 is 0 Å². The van der Waals surface area contributed by atoms with E-state index in [1.165, 1.54) is 12.1 Å². The van der Waals surface area contributed by atoms with Crippen molar-refractivity contribution in [3.8, 4) is 0 Å². The fraction of sp³-hybridized carbons (Fsp3) is 0.200. The minimum atomic E-state index is -1.22. The zero-order valence-corrected chi connectivity index (χ0v) is 11.3. The Kier molecular flexibility index (Phi) is 3.88. The molecule has 0 bridgehead atoms. The second-order valence-electron chi connectivity index (χ2n) is 4.50. The van der Waals surface area contributed by atoms with Crippen LogP contribution in [0.25, 0.3) is 0 Å². The lowest BCUT2D eigenvalue weighted by Crippen LogP contribution is -2.06. The monoisotopic (exact) mass is 282 g/mol. The van der Waals surface area contributed by atoms with Crippen LogP contribution in [0.4, 0.5) is 8.78 Å². The molecule has 19 heavy (non-hydrogen) atoms. The standard InChI is InChI=1S/C15H13ClF2O/c1-8-7-12(16)9(2)6-11(8)15(19)10-4-3-5-13(17)14(10)18/h3-7,15,19H,1-2H3. The lowest BCUT2D eigenvalue weighted by Gasteiger charge is -2.16. The first-order valence-electron chi connectivity index (χ1n) is 5.80. The molecule has 0 aromatic heterocycles. The molecule has 0 aliphatic rings. The first kappa shape index (κ1) is 14.0. The number of aliphatic hydroxyl groups is 1. The average molecular weight is 283 g/mol. The van der Waals surface area contributed by atoms with Crippen molar-refractivity contribution >= 4 is 11.6 Å². The number of hydrogen-bond acceptors (Lipinski definition) is 1. The summed E-state index contributed by atoms with van der Waals surface area (Å²) in [6.45, 7) is 3.56. The van der Waals surface area contributed by atoms with E-state index in [0.717, 1.165) is 17.2 Å². The summed E-state index contributed by atoms with van der Waals surface area (Å²) in [5.74, 6) is -2.00. The second-order valence-corrected chi connectivity index (χ2v) is 4.91. The Morgan fingerprint density at radius 2 is 1.74 bits per heavy atom. The predicted octanol–water partition coefficient (Wildman–Crippen LogP) is 4.32. The third kappa shape index (κ3) is 2.62. The molecule has 0 fully saturated rings. The third-order valence-corrected chi connectivity index (χ3v) is 3.53. The summed E-state index contributed by atoms with van der Waals surface area (Å²) < 4.78 is 26.9. The van der Waals surface area contributed by atoms with E-state index < -0.39 is 17.7 Å². The van der Waals surface area contributed by atoms with Gasteiger partial charge in [0.2, 0.25) is 0 Å². The number of aryl methyl sites for hydroxylation is 2. The summed E-state index contributed by atoms with van der Waals surface area (Å²) >= 11 is 5.98. The fourth-order valence-corrected chi connectivity index (χ4v) is 2.22. The molecule has 0 aliphatic heterocycles. The van der Waals surface area contributed by atoms with Gasteiger partial charge in [0.25, 0.3) is 0 Å². The smallest absolute Gasteiger partial charge is 0.164 e. The van der Waals surface area contributed by atoms with Crippen LogP contribution in [0, 0.1) is 25.5 Å². The Morgan fingerprint density at radius 1 is 1.05 bits per heavy atom. The molecular weight excluding hydrogens is 270 g/mol. The molecule has 0 radical (unpaired) electrons. The minimum Gasteiger partial charge on any atom is -0.384 e. The quantitative estimate of drug-likeness (QED) is 0.870. The summed E-state index contributed by atoms with van der Waals surface area (Å²) in [7, 11) is 0. The van der Waals surface area contributed by atoms with E-state index >= 15 is 0 Å². The van der Waals surface area contributed by atoms with Gasteiger partial charge in [-0.15, -0.1) is 0 Å². The molecule has 2 aromatic carbocycles. The molecule has 100 valence electrons. The molecule has 4 heteroatoms. The summed E-state index contributed by atoms with van der Waals surface area (Å²) in [6.07, 6.45) is -1.22. The maximum absolute atomic E-state index is 13.7. The van der Waals surface area contributed by atoms with Crippen LogP contribution in [-0.2, 0) is 0 Å². The minimum absolute atomic E-state index is 0.0789. The van der Waals surface area contributed by atoms with E-state index in [4.69, 9.17) is 11.6 Å². The van der Waals surface area contributed by atoms with Crippen molar-refractivity contribution in [3.05, 3.63) is 69.2 Å². The van der Waals surface area contributed by atoms with E-state index in [1.54, 1.807) is 26.0 Å². The lowest BCUT2D eigenvalue weighted by atomic mass is 9.95. The highest BCUT2D eigenvalue weighted by Gasteiger charge is 2.19. The molecule has 1 atom stereocenters. The number of benzene rings is 2. The number of halogens is 3. The van der Waals surface area contributed by atoms with Gasteiger partial charge in [-0.2, -0.15) is 0 Å². The Morgan fingerprint density at radius 3 is 2.42 bits per heavy atom. The Labute approximate surface area is 115 Å². The van der Waals surface area contributed by atoms with Crippen molar-refractivity contribution in [3.63, 3.8) is 0 Å². The lowest BCUT2D eigenvalue weighted by molar-refractivity contribution is 0.212. The Balaban J connectivity index is 2.53. The molecule has 0 amide bonds. The maximum Gasteiger partial charge on any atom is 0.164 e. The van der Waals surface area contributed by atoms with Gasteiger partial charge in [0.15, 0.2) is 11.6 Å².